The van der Waals surface area contributed by atoms with Gasteiger partial charge in [0, 0.05) is 24.7 Å². The minimum absolute atomic E-state index is 0.0388. The zero-order chi connectivity index (χ0) is 15.8. The van der Waals surface area contributed by atoms with E-state index in [1.807, 2.05) is 25.8 Å². The Morgan fingerprint density at radius 3 is 2.62 bits per heavy atom. The van der Waals surface area contributed by atoms with Crippen molar-refractivity contribution >= 4 is 40.2 Å². The monoisotopic (exact) mass is 325 g/mol. The predicted octanol–water partition coefficient (Wildman–Crippen LogP) is 2.59. The van der Waals surface area contributed by atoms with Crippen molar-refractivity contribution in [2.24, 2.45) is 0 Å². The van der Waals surface area contributed by atoms with Crippen LogP contribution in [0.2, 0.25) is 0 Å². The number of non-ortho nitro benzene ring substituents is 1. The molecule has 0 aliphatic carbocycles. The number of benzene rings is 1. The van der Waals surface area contributed by atoms with E-state index in [2.05, 4.69) is 0 Å². The molecule has 1 saturated heterocycles. The lowest BCUT2D eigenvalue weighted by molar-refractivity contribution is -0.480. The predicted molar refractivity (Wildman–Crippen MR) is 87.7 cm³/mol. The molecule has 8 heteroatoms. The van der Waals surface area contributed by atoms with E-state index < -0.39 is 15.8 Å². The van der Waals surface area contributed by atoms with Crippen LogP contribution in [0.15, 0.2) is 24.3 Å². The van der Waals surface area contributed by atoms with Gasteiger partial charge in [0.1, 0.15) is 9.86 Å². The number of rotatable bonds is 3. The molecule has 1 atom stereocenters. The first-order valence-electron chi connectivity index (χ1n) is 6.22. The van der Waals surface area contributed by atoms with Crippen LogP contribution < -0.4 is 0 Å². The number of thiocarbonyl (C=S) groups is 1. The second-order valence-corrected chi connectivity index (χ2v) is 7.00. The highest BCUT2D eigenvalue weighted by atomic mass is 32.2. The fourth-order valence-electron chi connectivity index (χ4n) is 2.02. The Labute approximate surface area is 132 Å². The first kappa shape index (κ1) is 15.7. The molecule has 0 N–H and O–H groups in total. The molecular formula is C13H15N3O3S2. The molecule has 0 unspecified atom stereocenters. The van der Waals surface area contributed by atoms with E-state index >= 15 is 0 Å². The number of thioether (sulfide) groups is 1. The maximum absolute atomic E-state index is 12.4. The summed E-state index contributed by atoms with van der Waals surface area (Å²) >= 11 is 6.55. The Morgan fingerprint density at radius 1 is 1.43 bits per heavy atom. The van der Waals surface area contributed by atoms with Crippen molar-refractivity contribution in [3.05, 3.63) is 45.2 Å². The van der Waals surface area contributed by atoms with Gasteiger partial charge in [-0.2, -0.15) is 4.74 Å². The van der Waals surface area contributed by atoms with Crippen LogP contribution in [0.3, 0.4) is 0 Å². The van der Waals surface area contributed by atoms with Crippen molar-refractivity contribution in [2.75, 3.05) is 7.05 Å². The normalized spacial score (nSPS) is 21.7. The summed E-state index contributed by atoms with van der Waals surface area (Å²) in [4.78, 5) is 12.2. The summed E-state index contributed by atoms with van der Waals surface area (Å²) in [5.41, 5.74) is 0.0416. The highest BCUT2D eigenvalue weighted by Gasteiger charge is 2.48. The molecule has 1 fully saturated rings. The molecule has 1 aliphatic rings. The molecule has 1 heterocycles. The topological polar surface area (TPSA) is 72.5 Å². The lowest BCUT2D eigenvalue weighted by atomic mass is 10.0. The van der Waals surface area contributed by atoms with Gasteiger partial charge in [-0.25, -0.2) is 0 Å². The van der Waals surface area contributed by atoms with Crippen molar-refractivity contribution in [1.29, 1.82) is 0 Å². The van der Waals surface area contributed by atoms with Gasteiger partial charge >= 0.3 is 0 Å². The Balaban J connectivity index is 2.32. The zero-order valence-corrected chi connectivity index (χ0v) is 13.5. The SMILES string of the molecule is CN1C(=S)S[C@@H](/[N+]([O-])=C/c2cccc([N+](=O)[O-])c2)C1(C)C. The lowest BCUT2D eigenvalue weighted by Gasteiger charge is -2.30. The van der Waals surface area contributed by atoms with Gasteiger partial charge < -0.3 is 10.1 Å². The van der Waals surface area contributed by atoms with Crippen molar-refractivity contribution < 1.29 is 9.66 Å². The van der Waals surface area contributed by atoms with Crippen LogP contribution in [0.1, 0.15) is 19.4 Å². The Morgan fingerprint density at radius 2 is 2.10 bits per heavy atom. The number of hydroxylamine groups is 1. The summed E-state index contributed by atoms with van der Waals surface area (Å²) < 4.78 is 1.48. The van der Waals surface area contributed by atoms with Gasteiger partial charge in [-0.15, -0.1) is 0 Å². The molecule has 112 valence electrons. The van der Waals surface area contributed by atoms with Gasteiger partial charge in [0.15, 0.2) is 6.21 Å². The molecule has 0 bridgehead atoms. The van der Waals surface area contributed by atoms with E-state index in [1.165, 1.54) is 30.1 Å². The first-order valence-corrected chi connectivity index (χ1v) is 7.51. The van der Waals surface area contributed by atoms with Crippen molar-refractivity contribution in [2.45, 2.75) is 24.8 Å². The Bertz CT molecular complexity index is 631. The Hall–Kier alpha value is -1.67. The highest BCUT2D eigenvalue weighted by molar-refractivity contribution is 8.23. The molecule has 0 radical (unpaired) electrons. The second kappa shape index (κ2) is 5.61. The van der Waals surface area contributed by atoms with Crippen molar-refractivity contribution in [1.82, 2.24) is 4.90 Å². The maximum atomic E-state index is 12.4. The van der Waals surface area contributed by atoms with E-state index in [0.29, 0.717) is 9.88 Å². The van der Waals surface area contributed by atoms with Gasteiger partial charge in [0.25, 0.3) is 5.69 Å². The van der Waals surface area contributed by atoms with Crippen LogP contribution in [0.4, 0.5) is 5.69 Å². The zero-order valence-electron chi connectivity index (χ0n) is 11.8. The van der Waals surface area contributed by atoms with E-state index in [-0.39, 0.29) is 5.69 Å². The fraction of sp³-hybridized carbons (Fsp3) is 0.385. The lowest BCUT2D eigenvalue weighted by Crippen LogP contribution is -2.47. The molecule has 1 aromatic carbocycles. The number of hydrogen-bond acceptors (Lipinski definition) is 5. The molecule has 0 aromatic heterocycles. The molecule has 0 saturated carbocycles. The van der Waals surface area contributed by atoms with Gasteiger partial charge in [-0.05, 0) is 31.7 Å². The summed E-state index contributed by atoms with van der Waals surface area (Å²) in [6.45, 7) is 3.88. The fourth-order valence-corrected chi connectivity index (χ4v) is 3.72. The van der Waals surface area contributed by atoms with Crippen molar-refractivity contribution in [3.8, 4) is 0 Å². The Kier molecular flexibility index (Phi) is 4.20. The number of nitro groups is 1. The van der Waals surface area contributed by atoms with Gasteiger partial charge in [0.2, 0.25) is 5.37 Å². The van der Waals surface area contributed by atoms with E-state index in [0.717, 1.165) is 4.74 Å². The number of nitro benzene ring substituents is 1. The third-order valence-electron chi connectivity index (χ3n) is 3.54. The van der Waals surface area contributed by atoms with Crippen LogP contribution in [-0.4, -0.2) is 43.1 Å². The number of likely N-dealkylation sites (N-methyl/N-ethyl adjacent to an activating group) is 1. The van der Waals surface area contributed by atoms with Crippen LogP contribution in [0.25, 0.3) is 0 Å². The summed E-state index contributed by atoms with van der Waals surface area (Å²) in [5, 5.41) is 22.7. The molecule has 1 aliphatic heterocycles. The van der Waals surface area contributed by atoms with E-state index in [1.54, 1.807) is 12.1 Å². The van der Waals surface area contributed by atoms with Gasteiger partial charge in [-0.3, -0.25) is 10.1 Å². The third-order valence-corrected chi connectivity index (χ3v) is 5.59. The average molecular weight is 325 g/mol. The molecule has 0 amide bonds. The van der Waals surface area contributed by atoms with Crippen LogP contribution in [-0.2, 0) is 0 Å². The highest BCUT2D eigenvalue weighted by Crippen LogP contribution is 2.38. The third kappa shape index (κ3) is 3.01. The second-order valence-electron chi connectivity index (χ2n) is 5.29. The van der Waals surface area contributed by atoms with E-state index in [4.69, 9.17) is 12.2 Å². The number of nitrogens with zero attached hydrogens (tertiary/aromatic N) is 3. The molecule has 6 nitrogen and oxygen atoms in total. The molecular weight excluding hydrogens is 310 g/mol. The van der Waals surface area contributed by atoms with Crippen LogP contribution in [0, 0.1) is 15.3 Å². The summed E-state index contributed by atoms with van der Waals surface area (Å²) in [6.07, 6.45) is 1.37. The largest absolute Gasteiger partial charge is 0.623 e. The molecule has 0 spiro atoms. The standard InChI is InChI=1S/C13H15N3O3S2/c1-13(2)11(21-12(20)14(13)3)15(17)8-9-5-4-6-10(7-9)16(18)19/h4-8,11H,1-3H3/b15-8-/t11-/m1/s1. The molecule has 21 heavy (non-hydrogen) atoms. The molecule has 2 rings (SSSR count). The minimum atomic E-state index is -0.482. The quantitative estimate of drug-likeness (QED) is 0.212. The summed E-state index contributed by atoms with van der Waals surface area (Å²) in [5.74, 6) is 0. The minimum Gasteiger partial charge on any atom is -0.623 e. The smallest absolute Gasteiger partial charge is 0.270 e. The van der Waals surface area contributed by atoms with Crippen LogP contribution in [0.5, 0.6) is 0 Å². The summed E-state index contributed by atoms with van der Waals surface area (Å²) in [7, 11) is 1.86. The van der Waals surface area contributed by atoms with Crippen molar-refractivity contribution in [3.63, 3.8) is 0 Å². The maximum Gasteiger partial charge on any atom is 0.270 e. The first-order chi connectivity index (χ1) is 9.73. The van der Waals surface area contributed by atoms with Crippen LogP contribution >= 0.6 is 24.0 Å². The molecule has 1 aromatic rings. The van der Waals surface area contributed by atoms with Gasteiger partial charge in [-0.1, -0.05) is 18.3 Å². The van der Waals surface area contributed by atoms with Gasteiger partial charge in [0.05, 0.1) is 4.92 Å². The number of hydrogen-bond donors (Lipinski definition) is 0. The van der Waals surface area contributed by atoms with E-state index in [9.17, 15) is 15.3 Å². The summed E-state index contributed by atoms with van der Waals surface area (Å²) in [6, 6.07) is 5.98. The average Bonchev–Trinajstić information content (AvgIpc) is 2.62.